The van der Waals surface area contributed by atoms with Crippen molar-refractivity contribution in [2.24, 2.45) is 0 Å². The highest BCUT2D eigenvalue weighted by Crippen LogP contribution is 2.36. The highest BCUT2D eigenvalue weighted by Gasteiger charge is 2.23. The van der Waals surface area contributed by atoms with Gasteiger partial charge in [-0.1, -0.05) is 6.07 Å². The van der Waals surface area contributed by atoms with Crippen LogP contribution >= 0.6 is 11.8 Å². The van der Waals surface area contributed by atoms with Crippen LogP contribution in [-0.2, 0) is 0 Å². The van der Waals surface area contributed by atoms with Gasteiger partial charge in [0.1, 0.15) is 5.69 Å². The number of nitrogens with one attached hydrogen (secondary N) is 1. The Kier molecular flexibility index (Phi) is 4.90. The van der Waals surface area contributed by atoms with Gasteiger partial charge in [-0.3, -0.25) is 10.1 Å². The second-order valence-electron chi connectivity index (χ2n) is 4.40. The van der Waals surface area contributed by atoms with Gasteiger partial charge in [0, 0.05) is 11.8 Å². The third-order valence-corrected chi connectivity index (χ3v) is 4.22. The predicted octanol–water partition coefficient (Wildman–Crippen LogP) is 3.30. The van der Waals surface area contributed by atoms with Crippen molar-refractivity contribution in [3.05, 3.63) is 28.3 Å². The number of benzene rings is 1. The van der Waals surface area contributed by atoms with Crippen LogP contribution in [0.1, 0.15) is 19.8 Å². The smallest absolute Gasteiger partial charge is 0.333 e. The van der Waals surface area contributed by atoms with E-state index in [1.54, 1.807) is 18.2 Å². The lowest BCUT2D eigenvalue weighted by atomic mass is 10.1. The third-order valence-electron chi connectivity index (χ3n) is 3.00. The first-order valence-electron chi connectivity index (χ1n) is 6.47. The number of thioether (sulfide) groups is 1. The summed E-state index contributed by atoms with van der Waals surface area (Å²) in [7, 11) is 0. The Morgan fingerprint density at radius 1 is 1.58 bits per heavy atom. The number of nitro benzene ring substituents is 1. The Balaban J connectivity index is 2.22. The molecule has 0 radical (unpaired) electrons. The van der Waals surface area contributed by atoms with Crippen LogP contribution in [0.25, 0.3) is 0 Å². The molecule has 0 aliphatic carbocycles. The molecule has 1 fully saturated rings. The molecule has 2 rings (SSSR count). The highest BCUT2D eigenvalue weighted by molar-refractivity contribution is 7.99. The molecule has 1 aromatic rings. The Morgan fingerprint density at radius 3 is 3.05 bits per heavy atom. The van der Waals surface area contributed by atoms with E-state index in [9.17, 15) is 10.1 Å². The Bertz CT molecular complexity index is 448. The topological polar surface area (TPSA) is 64.4 Å². The standard InChI is InChI=1S/C13H18N2O3S/c1-2-18-12-7-3-6-11(13(12)15(16)17)14-10-5-4-8-19-9-10/h3,6-7,10,14H,2,4-5,8-9H2,1H3. The van der Waals surface area contributed by atoms with Crippen LogP contribution < -0.4 is 10.1 Å². The lowest BCUT2D eigenvalue weighted by Gasteiger charge is -2.23. The molecule has 0 spiro atoms. The summed E-state index contributed by atoms with van der Waals surface area (Å²) >= 11 is 1.89. The van der Waals surface area contributed by atoms with Crippen LogP contribution in [0.4, 0.5) is 11.4 Å². The fourth-order valence-corrected chi connectivity index (χ4v) is 3.25. The van der Waals surface area contributed by atoms with Gasteiger partial charge in [-0.25, -0.2) is 0 Å². The van der Waals surface area contributed by atoms with E-state index in [2.05, 4.69) is 5.32 Å². The fourth-order valence-electron chi connectivity index (χ4n) is 2.17. The quantitative estimate of drug-likeness (QED) is 0.663. The van der Waals surface area contributed by atoms with Crippen molar-refractivity contribution in [3.8, 4) is 5.75 Å². The first-order valence-corrected chi connectivity index (χ1v) is 7.62. The summed E-state index contributed by atoms with van der Waals surface area (Å²) in [5, 5.41) is 14.5. The number of hydrogen-bond donors (Lipinski definition) is 1. The minimum absolute atomic E-state index is 0.0416. The SMILES string of the molecule is CCOc1cccc(NC2CCCSC2)c1[N+](=O)[O-]. The van der Waals surface area contributed by atoms with Crippen LogP contribution in [0.5, 0.6) is 5.75 Å². The second kappa shape index (κ2) is 6.65. The first kappa shape index (κ1) is 14.0. The predicted molar refractivity (Wildman–Crippen MR) is 78.2 cm³/mol. The van der Waals surface area contributed by atoms with E-state index < -0.39 is 0 Å². The van der Waals surface area contributed by atoms with E-state index in [-0.39, 0.29) is 10.6 Å². The summed E-state index contributed by atoms with van der Waals surface area (Å²) in [6, 6.07) is 5.48. The molecule has 1 heterocycles. The van der Waals surface area contributed by atoms with E-state index >= 15 is 0 Å². The Labute approximate surface area is 116 Å². The molecular formula is C13H18N2O3S. The molecule has 0 aromatic heterocycles. The molecule has 1 atom stereocenters. The van der Waals surface area contributed by atoms with E-state index in [4.69, 9.17) is 4.74 Å². The van der Waals surface area contributed by atoms with E-state index in [1.165, 1.54) is 5.75 Å². The lowest BCUT2D eigenvalue weighted by Crippen LogP contribution is -2.26. The maximum Gasteiger partial charge on any atom is 0.333 e. The van der Waals surface area contributed by atoms with Gasteiger partial charge in [0.05, 0.1) is 11.5 Å². The molecule has 1 saturated heterocycles. The second-order valence-corrected chi connectivity index (χ2v) is 5.55. The normalized spacial score (nSPS) is 18.9. The van der Waals surface area contributed by atoms with Crippen molar-refractivity contribution in [1.29, 1.82) is 0 Å². The fraction of sp³-hybridized carbons (Fsp3) is 0.538. The van der Waals surface area contributed by atoms with Crippen LogP contribution in [-0.4, -0.2) is 29.1 Å². The van der Waals surface area contributed by atoms with Crippen LogP contribution in [0.3, 0.4) is 0 Å². The number of para-hydroxylation sites is 1. The summed E-state index contributed by atoms with van der Waals surface area (Å²) in [6.07, 6.45) is 2.21. The Morgan fingerprint density at radius 2 is 2.42 bits per heavy atom. The summed E-state index contributed by atoms with van der Waals surface area (Å²) in [4.78, 5) is 10.9. The molecule has 0 amide bonds. The lowest BCUT2D eigenvalue weighted by molar-refractivity contribution is -0.385. The summed E-state index contributed by atoms with van der Waals surface area (Å²) in [6.45, 7) is 2.24. The first-order chi connectivity index (χ1) is 9.22. The van der Waals surface area contributed by atoms with Gasteiger partial charge in [0.15, 0.2) is 5.75 Å². The van der Waals surface area contributed by atoms with Gasteiger partial charge < -0.3 is 10.1 Å². The number of nitro groups is 1. The zero-order chi connectivity index (χ0) is 13.7. The summed E-state index contributed by atoms with van der Waals surface area (Å²) in [5.74, 6) is 2.51. The van der Waals surface area contributed by atoms with E-state index in [1.807, 2.05) is 18.7 Å². The van der Waals surface area contributed by atoms with E-state index in [0.717, 1.165) is 18.6 Å². The van der Waals surface area contributed by atoms with Crippen molar-refractivity contribution < 1.29 is 9.66 Å². The van der Waals surface area contributed by atoms with Crippen molar-refractivity contribution in [3.63, 3.8) is 0 Å². The molecule has 5 nitrogen and oxygen atoms in total. The molecule has 1 N–H and O–H groups in total. The monoisotopic (exact) mass is 282 g/mol. The minimum Gasteiger partial charge on any atom is -0.487 e. The largest absolute Gasteiger partial charge is 0.487 e. The molecule has 1 unspecified atom stereocenters. The number of hydrogen-bond acceptors (Lipinski definition) is 5. The van der Waals surface area contributed by atoms with E-state index in [0.29, 0.717) is 24.1 Å². The maximum atomic E-state index is 11.2. The van der Waals surface area contributed by atoms with Crippen molar-refractivity contribution in [1.82, 2.24) is 0 Å². The number of ether oxygens (including phenoxy) is 1. The zero-order valence-corrected chi connectivity index (χ0v) is 11.7. The summed E-state index contributed by atoms with van der Waals surface area (Å²) in [5.41, 5.74) is 0.600. The van der Waals surface area contributed by atoms with Crippen molar-refractivity contribution in [2.45, 2.75) is 25.8 Å². The van der Waals surface area contributed by atoms with Gasteiger partial charge >= 0.3 is 5.69 Å². The van der Waals surface area contributed by atoms with Gasteiger partial charge in [-0.05, 0) is 37.7 Å². The Hall–Kier alpha value is -1.43. The van der Waals surface area contributed by atoms with Gasteiger partial charge in [-0.2, -0.15) is 11.8 Å². The van der Waals surface area contributed by atoms with Crippen molar-refractivity contribution >= 4 is 23.1 Å². The average molecular weight is 282 g/mol. The number of anilines is 1. The minimum atomic E-state index is -0.372. The molecule has 6 heteroatoms. The molecule has 1 aliphatic heterocycles. The van der Waals surface area contributed by atoms with Gasteiger partial charge in [-0.15, -0.1) is 0 Å². The highest BCUT2D eigenvalue weighted by atomic mass is 32.2. The third kappa shape index (κ3) is 3.53. The average Bonchev–Trinajstić information content (AvgIpc) is 2.40. The van der Waals surface area contributed by atoms with Crippen LogP contribution in [0.2, 0.25) is 0 Å². The van der Waals surface area contributed by atoms with Crippen molar-refractivity contribution in [2.75, 3.05) is 23.4 Å². The summed E-state index contributed by atoms with van der Waals surface area (Å²) < 4.78 is 5.34. The molecule has 0 bridgehead atoms. The van der Waals surface area contributed by atoms with Gasteiger partial charge in [0.25, 0.3) is 0 Å². The zero-order valence-electron chi connectivity index (χ0n) is 10.9. The number of rotatable bonds is 5. The van der Waals surface area contributed by atoms with Crippen LogP contribution in [0.15, 0.2) is 18.2 Å². The maximum absolute atomic E-state index is 11.2. The van der Waals surface area contributed by atoms with Gasteiger partial charge in [0.2, 0.25) is 0 Å². The molecule has 1 aromatic carbocycles. The molecule has 0 saturated carbocycles. The molecule has 19 heavy (non-hydrogen) atoms. The molecule has 104 valence electrons. The number of nitrogens with zero attached hydrogens (tertiary/aromatic N) is 1. The molecular weight excluding hydrogens is 264 g/mol. The van der Waals surface area contributed by atoms with Crippen LogP contribution in [0, 0.1) is 10.1 Å². The molecule has 1 aliphatic rings.